The molecule has 0 fully saturated rings. The lowest BCUT2D eigenvalue weighted by Crippen LogP contribution is -1.95. The van der Waals surface area contributed by atoms with E-state index in [4.69, 9.17) is 0 Å². The van der Waals surface area contributed by atoms with Crippen molar-refractivity contribution in [3.8, 4) is 11.1 Å². The largest absolute Gasteiger partial charge is 0.277 e. The van der Waals surface area contributed by atoms with E-state index in [2.05, 4.69) is 36.4 Å². The van der Waals surface area contributed by atoms with Crippen LogP contribution < -0.4 is 0 Å². The Bertz CT molecular complexity index is 1620. The van der Waals surface area contributed by atoms with E-state index < -0.39 is 0 Å². The summed E-state index contributed by atoms with van der Waals surface area (Å²) in [5.74, 6) is 0. The molecule has 6 aromatic rings. The Labute approximate surface area is 178 Å². The van der Waals surface area contributed by atoms with Gasteiger partial charge in [0, 0.05) is 6.07 Å². The van der Waals surface area contributed by atoms with E-state index in [1.54, 1.807) is 6.07 Å². The number of hydrogen-bond donors (Lipinski definition) is 0. The first kappa shape index (κ1) is 17.6. The Morgan fingerprint density at radius 2 is 1.03 bits per heavy atom. The topological polar surface area (TPSA) is 43.1 Å². The van der Waals surface area contributed by atoms with E-state index in [1.807, 2.05) is 60.7 Å². The van der Waals surface area contributed by atoms with Crippen LogP contribution in [0.5, 0.6) is 0 Å². The molecule has 0 aliphatic carbocycles. The van der Waals surface area contributed by atoms with Gasteiger partial charge in [0.1, 0.15) is 0 Å². The fourth-order valence-electron chi connectivity index (χ4n) is 4.86. The Morgan fingerprint density at radius 1 is 0.516 bits per heavy atom. The molecule has 0 heterocycles. The number of hydrogen-bond acceptors (Lipinski definition) is 2. The molecule has 0 bridgehead atoms. The molecular weight excluding hydrogens is 382 g/mol. The molecule has 0 saturated carbocycles. The van der Waals surface area contributed by atoms with E-state index in [1.165, 1.54) is 5.39 Å². The van der Waals surface area contributed by atoms with Gasteiger partial charge in [0.05, 0.1) is 10.5 Å². The maximum atomic E-state index is 12.1. The van der Waals surface area contributed by atoms with Gasteiger partial charge < -0.3 is 0 Å². The minimum atomic E-state index is -0.274. The highest BCUT2D eigenvalue weighted by molar-refractivity contribution is 6.29. The van der Waals surface area contributed by atoms with Gasteiger partial charge in [-0.2, -0.15) is 0 Å². The summed E-state index contributed by atoms with van der Waals surface area (Å²) < 4.78 is 0. The Morgan fingerprint density at radius 3 is 1.68 bits per heavy atom. The van der Waals surface area contributed by atoms with Crippen LogP contribution in [0.4, 0.5) is 5.69 Å². The van der Waals surface area contributed by atoms with Gasteiger partial charge in [0.15, 0.2) is 0 Å². The van der Waals surface area contributed by atoms with Gasteiger partial charge in [-0.15, -0.1) is 0 Å². The lowest BCUT2D eigenvalue weighted by atomic mass is 9.87. The van der Waals surface area contributed by atoms with Crippen LogP contribution in [0.15, 0.2) is 103 Å². The quantitative estimate of drug-likeness (QED) is 0.169. The molecule has 6 rings (SSSR count). The summed E-state index contributed by atoms with van der Waals surface area (Å²) in [6.45, 7) is 0. The van der Waals surface area contributed by atoms with Crippen LogP contribution >= 0.6 is 0 Å². The average Bonchev–Trinajstić information content (AvgIpc) is 2.83. The SMILES string of the molecule is O=[N+]([O-])c1ccc2ccccc2c1-c1cccc2c3ccccc3c3ccccc3c12. The van der Waals surface area contributed by atoms with Crippen LogP contribution in [-0.4, -0.2) is 4.92 Å². The summed E-state index contributed by atoms with van der Waals surface area (Å²) in [4.78, 5) is 11.8. The molecule has 0 aromatic heterocycles. The third kappa shape index (κ3) is 2.53. The van der Waals surface area contributed by atoms with Crippen molar-refractivity contribution in [2.24, 2.45) is 0 Å². The van der Waals surface area contributed by atoms with Crippen molar-refractivity contribution in [3.63, 3.8) is 0 Å². The van der Waals surface area contributed by atoms with Crippen molar-refractivity contribution in [1.82, 2.24) is 0 Å². The molecule has 0 N–H and O–H groups in total. The zero-order valence-electron chi connectivity index (χ0n) is 16.6. The molecule has 0 aliphatic heterocycles. The molecule has 146 valence electrons. The van der Waals surface area contributed by atoms with Gasteiger partial charge in [-0.25, -0.2) is 0 Å². The van der Waals surface area contributed by atoms with Crippen molar-refractivity contribution >= 4 is 48.8 Å². The summed E-state index contributed by atoms with van der Waals surface area (Å²) in [6.07, 6.45) is 0. The molecule has 0 aliphatic rings. The second-order valence-corrected chi connectivity index (χ2v) is 7.76. The first-order chi connectivity index (χ1) is 15.2. The number of benzene rings is 6. The van der Waals surface area contributed by atoms with E-state index in [-0.39, 0.29) is 10.6 Å². The van der Waals surface area contributed by atoms with Gasteiger partial charge in [0.2, 0.25) is 0 Å². The molecule has 31 heavy (non-hydrogen) atoms. The fraction of sp³-hybridized carbons (Fsp3) is 0. The predicted molar refractivity (Wildman–Crippen MR) is 129 cm³/mol. The lowest BCUT2D eigenvalue weighted by Gasteiger charge is -2.15. The first-order valence-electron chi connectivity index (χ1n) is 10.2. The predicted octanol–water partition coefficient (Wildman–Crippen LogP) is 7.87. The zero-order valence-corrected chi connectivity index (χ0v) is 16.6. The van der Waals surface area contributed by atoms with Crippen LogP contribution in [0.1, 0.15) is 0 Å². The van der Waals surface area contributed by atoms with Crippen LogP contribution in [-0.2, 0) is 0 Å². The van der Waals surface area contributed by atoms with Gasteiger partial charge in [-0.3, -0.25) is 10.1 Å². The van der Waals surface area contributed by atoms with Crippen LogP contribution in [0.2, 0.25) is 0 Å². The minimum Gasteiger partial charge on any atom is -0.258 e. The molecule has 0 amide bonds. The van der Waals surface area contributed by atoms with Crippen LogP contribution in [0.25, 0.3) is 54.2 Å². The monoisotopic (exact) mass is 399 g/mol. The van der Waals surface area contributed by atoms with Gasteiger partial charge in [-0.05, 0) is 54.7 Å². The first-order valence-corrected chi connectivity index (χ1v) is 10.2. The maximum Gasteiger partial charge on any atom is 0.277 e. The maximum absolute atomic E-state index is 12.1. The highest BCUT2D eigenvalue weighted by Crippen LogP contribution is 2.44. The highest BCUT2D eigenvalue weighted by Gasteiger charge is 2.22. The summed E-state index contributed by atoms with van der Waals surface area (Å²) in [7, 11) is 0. The van der Waals surface area contributed by atoms with Gasteiger partial charge in [-0.1, -0.05) is 91.0 Å². The van der Waals surface area contributed by atoms with Crippen LogP contribution in [0.3, 0.4) is 0 Å². The second kappa shape index (κ2) is 6.64. The number of rotatable bonds is 2. The van der Waals surface area contributed by atoms with Crippen molar-refractivity contribution in [1.29, 1.82) is 0 Å². The molecule has 0 saturated heterocycles. The molecule has 3 nitrogen and oxygen atoms in total. The van der Waals surface area contributed by atoms with Crippen molar-refractivity contribution in [2.45, 2.75) is 0 Å². The molecule has 0 atom stereocenters. The summed E-state index contributed by atoms with van der Waals surface area (Å²) in [6, 6.07) is 34.2. The molecule has 0 unspecified atom stereocenters. The lowest BCUT2D eigenvalue weighted by molar-refractivity contribution is -0.384. The molecular formula is C28H17NO2. The van der Waals surface area contributed by atoms with Crippen LogP contribution in [0, 0.1) is 10.1 Å². The molecule has 0 spiro atoms. The Hall–Kier alpha value is -4.24. The van der Waals surface area contributed by atoms with Crippen molar-refractivity contribution in [3.05, 3.63) is 113 Å². The normalized spacial score (nSPS) is 11.5. The Balaban J connectivity index is 1.90. The number of nitro groups is 1. The third-order valence-corrected chi connectivity index (χ3v) is 6.14. The Kier molecular flexibility index (Phi) is 3.77. The molecule has 6 aromatic carbocycles. The standard InChI is InChI=1S/C28H17NO2/c30-29(31)26-17-16-18-8-1-2-9-19(18)28(26)25-15-7-14-24-22-11-4-3-10-20(22)21-12-5-6-13-23(21)27(24)25/h1-17H. The van der Waals surface area contributed by atoms with Crippen molar-refractivity contribution in [2.75, 3.05) is 0 Å². The van der Waals surface area contributed by atoms with Crippen molar-refractivity contribution < 1.29 is 4.92 Å². The zero-order chi connectivity index (χ0) is 20.9. The smallest absolute Gasteiger partial charge is 0.258 e. The second-order valence-electron chi connectivity index (χ2n) is 7.76. The summed E-state index contributed by atoms with van der Waals surface area (Å²) in [5, 5.41) is 20.7. The molecule has 3 heteroatoms. The summed E-state index contributed by atoms with van der Waals surface area (Å²) >= 11 is 0. The average molecular weight is 399 g/mol. The number of nitro benzene ring substituents is 1. The molecule has 0 radical (unpaired) electrons. The van der Waals surface area contributed by atoms with E-state index >= 15 is 0 Å². The fourth-order valence-corrected chi connectivity index (χ4v) is 4.86. The van der Waals surface area contributed by atoms with E-state index in [9.17, 15) is 10.1 Å². The van der Waals surface area contributed by atoms with Gasteiger partial charge >= 0.3 is 0 Å². The number of fused-ring (bicyclic) bond motifs is 7. The van der Waals surface area contributed by atoms with E-state index in [0.29, 0.717) is 5.56 Å². The highest BCUT2D eigenvalue weighted by atomic mass is 16.6. The number of nitrogens with zero attached hydrogens (tertiary/aromatic N) is 1. The van der Waals surface area contributed by atoms with E-state index in [0.717, 1.165) is 43.3 Å². The third-order valence-electron chi connectivity index (χ3n) is 6.14. The van der Waals surface area contributed by atoms with Gasteiger partial charge in [0.25, 0.3) is 5.69 Å². The summed E-state index contributed by atoms with van der Waals surface area (Å²) in [5.41, 5.74) is 1.69. The minimum absolute atomic E-state index is 0.128.